The molecule has 3 rings (SSSR count). The number of hydrogen-bond acceptors (Lipinski definition) is 4. The first-order valence-electron chi connectivity index (χ1n) is 7.07. The van der Waals surface area contributed by atoms with Crippen LogP contribution in [-0.4, -0.2) is 39.6 Å². The van der Waals surface area contributed by atoms with Gasteiger partial charge in [-0.25, -0.2) is 4.79 Å². The second-order valence-corrected chi connectivity index (χ2v) is 7.39. The maximum Gasteiger partial charge on any atom is 0.339 e. The Hall–Kier alpha value is -1.75. The summed E-state index contributed by atoms with van der Waals surface area (Å²) in [5.74, 6) is -0.915. The van der Waals surface area contributed by atoms with E-state index in [0.717, 1.165) is 29.7 Å². The van der Waals surface area contributed by atoms with Crippen molar-refractivity contribution in [1.29, 1.82) is 0 Å². The van der Waals surface area contributed by atoms with Crippen molar-refractivity contribution in [3.63, 3.8) is 0 Å². The van der Waals surface area contributed by atoms with Crippen LogP contribution in [0.5, 0.6) is 0 Å². The Labute approximate surface area is 128 Å². The zero-order valence-electron chi connectivity index (χ0n) is 12.1. The summed E-state index contributed by atoms with van der Waals surface area (Å²) in [6.45, 7) is 6.11. The molecule has 1 aliphatic rings. The van der Waals surface area contributed by atoms with E-state index in [4.69, 9.17) is 0 Å². The van der Waals surface area contributed by atoms with Gasteiger partial charge in [0.05, 0.1) is 11.2 Å². The lowest BCUT2D eigenvalue weighted by atomic mass is 10.1. The van der Waals surface area contributed by atoms with Gasteiger partial charge in [0.2, 0.25) is 0 Å². The van der Waals surface area contributed by atoms with E-state index < -0.39 is 5.97 Å². The number of fused-ring (bicyclic) bond motifs is 1. The van der Waals surface area contributed by atoms with Crippen molar-refractivity contribution in [2.75, 3.05) is 18.0 Å². The Morgan fingerprint density at radius 2 is 1.95 bits per heavy atom. The van der Waals surface area contributed by atoms with E-state index in [0.29, 0.717) is 16.1 Å². The molecule has 0 aliphatic carbocycles. The minimum atomic E-state index is -0.915. The number of thioether (sulfide) groups is 1. The van der Waals surface area contributed by atoms with Crippen LogP contribution in [0.15, 0.2) is 30.5 Å². The number of benzene rings is 1. The van der Waals surface area contributed by atoms with E-state index in [1.807, 2.05) is 36.0 Å². The van der Waals surface area contributed by atoms with Crippen LogP contribution in [0.3, 0.4) is 0 Å². The number of aromatic carboxylic acids is 1. The van der Waals surface area contributed by atoms with Gasteiger partial charge in [-0.05, 0) is 6.07 Å². The van der Waals surface area contributed by atoms with Gasteiger partial charge < -0.3 is 10.0 Å². The summed E-state index contributed by atoms with van der Waals surface area (Å²) < 4.78 is 0. The molecule has 1 N–H and O–H groups in total. The molecule has 1 aromatic carbocycles. The number of rotatable bonds is 2. The summed E-state index contributed by atoms with van der Waals surface area (Å²) in [7, 11) is 0. The highest BCUT2D eigenvalue weighted by atomic mass is 32.2. The lowest BCUT2D eigenvalue weighted by Crippen LogP contribution is -2.41. The van der Waals surface area contributed by atoms with Gasteiger partial charge in [-0.2, -0.15) is 11.8 Å². The average Bonchev–Trinajstić information content (AvgIpc) is 2.44. The van der Waals surface area contributed by atoms with Gasteiger partial charge in [0.1, 0.15) is 5.56 Å². The quantitative estimate of drug-likeness (QED) is 0.922. The normalized spacial score (nSPS) is 22.5. The van der Waals surface area contributed by atoms with Crippen LogP contribution in [0.4, 0.5) is 5.69 Å². The highest BCUT2D eigenvalue weighted by Gasteiger charge is 2.27. The smallest absolute Gasteiger partial charge is 0.339 e. The first kappa shape index (κ1) is 14.2. The van der Waals surface area contributed by atoms with Crippen LogP contribution in [0.1, 0.15) is 24.2 Å². The predicted molar refractivity (Wildman–Crippen MR) is 87.4 cm³/mol. The number of carboxylic acid groups (broad SMARTS) is 1. The molecule has 4 nitrogen and oxygen atoms in total. The second kappa shape index (κ2) is 5.56. The third-order valence-corrected chi connectivity index (χ3v) is 4.94. The van der Waals surface area contributed by atoms with Gasteiger partial charge in [-0.1, -0.05) is 32.0 Å². The van der Waals surface area contributed by atoms with E-state index in [9.17, 15) is 9.90 Å². The van der Waals surface area contributed by atoms with Gasteiger partial charge in [0, 0.05) is 35.2 Å². The molecule has 0 saturated carbocycles. The van der Waals surface area contributed by atoms with Crippen molar-refractivity contribution in [3.05, 3.63) is 36.0 Å². The molecule has 1 fully saturated rings. The minimum Gasteiger partial charge on any atom is -0.478 e. The van der Waals surface area contributed by atoms with E-state index in [2.05, 4.69) is 23.7 Å². The minimum absolute atomic E-state index is 0.292. The van der Waals surface area contributed by atoms with E-state index >= 15 is 0 Å². The van der Waals surface area contributed by atoms with E-state index in [1.54, 1.807) is 0 Å². The first-order valence-corrected chi connectivity index (χ1v) is 8.02. The molecule has 2 aromatic rings. The average molecular weight is 302 g/mol. The molecule has 2 heterocycles. The maximum absolute atomic E-state index is 11.6. The number of anilines is 1. The fourth-order valence-electron chi connectivity index (χ4n) is 2.98. The topological polar surface area (TPSA) is 53.4 Å². The molecule has 1 aromatic heterocycles. The molecular weight excluding hydrogens is 284 g/mol. The van der Waals surface area contributed by atoms with Crippen LogP contribution in [0.25, 0.3) is 10.9 Å². The molecule has 0 radical (unpaired) electrons. The summed E-state index contributed by atoms with van der Waals surface area (Å²) in [5, 5.41) is 11.4. The lowest BCUT2D eigenvalue weighted by Gasteiger charge is -2.37. The zero-order valence-corrected chi connectivity index (χ0v) is 12.9. The van der Waals surface area contributed by atoms with Crippen molar-refractivity contribution in [3.8, 4) is 0 Å². The monoisotopic (exact) mass is 302 g/mol. The van der Waals surface area contributed by atoms with Crippen LogP contribution in [-0.2, 0) is 0 Å². The highest BCUT2D eigenvalue weighted by Crippen LogP contribution is 2.34. The van der Waals surface area contributed by atoms with Crippen molar-refractivity contribution < 1.29 is 9.90 Å². The summed E-state index contributed by atoms with van der Waals surface area (Å²) in [5.41, 5.74) is 1.95. The Morgan fingerprint density at radius 1 is 1.29 bits per heavy atom. The van der Waals surface area contributed by atoms with E-state index in [-0.39, 0.29) is 0 Å². The van der Waals surface area contributed by atoms with Crippen molar-refractivity contribution >= 4 is 34.3 Å². The van der Waals surface area contributed by atoms with Gasteiger partial charge in [-0.15, -0.1) is 0 Å². The molecule has 0 spiro atoms. The molecule has 1 aliphatic heterocycles. The molecule has 1 saturated heterocycles. The molecule has 2 atom stereocenters. The van der Waals surface area contributed by atoms with Crippen LogP contribution in [0, 0.1) is 0 Å². The van der Waals surface area contributed by atoms with Gasteiger partial charge >= 0.3 is 5.97 Å². The molecule has 5 heteroatoms. The number of para-hydroxylation sites is 1. The summed E-state index contributed by atoms with van der Waals surface area (Å²) in [6, 6.07) is 7.75. The zero-order chi connectivity index (χ0) is 15.0. The second-order valence-electron chi connectivity index (χ2n) is 5.51. The number of nitrogens with zero attached hydrogens (tertiary/aromatic N) is 2. The number of aromatic nitrogens is 1. The SMILES string of the molecule is CC1CN(c2c(C(=O)O)cnc3ccccc23)CC(C)S1. The fourth-order valence-corrected chi connectivity index (χ4v) is 4.31. The molecular formula is C16H18N2O2S. The Bertz CT molecular complexity index is 679. The van der Waals surface area contributed by atoms with Crippen molar-refractivity contribution in [1.82, 2.24) is 4.98 Å². The Kier molecular flexibility index (Phi) is 3.76. The molecule has 0 amide bonds. The van der Waals surface area contributed by atoms with Crippen LogP contribution in [0.2, 0.25) is 0 Å². The molecule has 21 heavy (non-hydrogen) atoms. The van der Waals surface area contributed by atoms with Crippen LogP contribution >= 0.6 is 11.8 Å². The predicted octanol–water partition coefficient (Wildman–Crippen LogP) is 3.26. The first-order chi connectivity index (χ1) is 10.1. The number of carbonyl (C=O) groups is 1. The largest absolute Gasteiger partial charge is 0.478 e. The number of hydrogen-bond donors (Lipinski definition) is 1. The fraction of sp³-hybridized carbons (Fsp3) is 0.375. The maximum atomic E-state index is 11.6. The molecule has 0 bridgehead atoms. The number of carboxylic acids is 1. The van der Waals surface area contributed by atoms with Crippen molar-refractivity contribution in [2.45, 2.75) is 24.3 Å². The van der Waals surface area contributed by atoms with Crippen molar-refractivity contribution in [2.24, 2.45) is 0 Å². The van der Waals surface area contributed by atoms with Gasteiger partial charge in [-0.3, -0.25) is 4.98 Å². The van der Waals surface area contributed by atoms with Crippen LogP contribution < -0.4 is 4.90 Å². The number of pyridine rings is 1. The summed E-state index contributed by atoms with van der Waals surface area (Å²) in [6.07, 6.45) is 1.48. The molecule has 110 valence electrons. The summed E-state index contributed by atoms with van der Waals surface area (Å²) in [4.78, 5) is 18.1. The highest BCUT2D eigenvalue weighted by molar-refractivity contribution is 8.00. The lowest BCUT2D eigenvalue weighted by molar-refractivity contribution is 0.0697. The van der Waals surface area contributed by atoms with E-state index in [1.165, 1.54) is 6.20 Å². The standard InChI is InChI=1S/C16H18N2O2S/c1-10-8-18(9-11(2)21-10)15-12-5-3-4-6-14(12)17-7-13(15)16(19)20/h3-7,10-11H,8-9H2,1-2H3,(H,19,20). The van der Waals surface area contributed by atoms with Gasteiger partial charge in [0.15, 0.2) is 0 Å². The van der Waals surface area contributed by atoms with Gasteiger partial charge in [0.25, 0.3) is 0 Å². The Balaban J connectivity index is 2.18. The molecule has 2 unspecified atom stereocenters. The summed E-state index contributed by atoms with van der Waals surface area (Å²) >= 11 is 1.95. The third kappa shape index (κ3) is 2.70. The Morgan fingerprint density at radius 3 is 2.62 bits per heavy atom. The third-order valence-electron chi connectivity index (χ3n) is 3.71.